The zero-order chi connectivity index (χ0) is 17.5. The zero-order valence-electron chi connectivity index (χ0n) is 13.9. The predicted octanol–water partition coefficient (Wildman–Crippen LogP) is 3.47. The van der Waals surface area contributed by atoms with E-state index in [1.165, 1.54) is 7.11 Å². The lowest BCUT2D eigenvalue weighted by molar-refractivity contribution is -0.121. The fraction of sp³-hybridized carbons (Fsp3) is 0.278. The largest absolute Gasteiger partial charge is 0.495 e. The van der Waals surface area contributed by atoms with E-state index in [1.807, 2.05) is 30.3 Å². The first-order valence-corrected chi connectivity index (χ1v) is 7.92. The number of carbonyl (C=O) groups excluding carboxylic acids is 1. The molecule has 1 amide bonds. The molecule has 2 aromatic rings. The van der Waals surface area contributed by atoms with Crippen molar-refractivity contribution in [2.24, 2.45) is 0 Å². The van der Waals surface area contributed by atoms with Crippen molar-refractivity contribution in [2.75, 3.05) is 19.5 Å². The molecule has 0 heterocycles. The lowest BCUT2D eigenvalue weighted by Crippen LogP contribution is -2.37. The van der Waals surface area contributed by atoms with Gasteiger partial charge in [-0.25, -0.2) is 0 Å². The highest BCUT2D eigenvalue weighted by Crippen LogP contribution is 2.36. The first-order valence-electron chi connectivity index (χ1n) is 7.55. The molecule has 0 bridgehead atoms. The van der Waals surface area contributed by atoms with Gasteiger partial charge in [-0.05, 0) is 18.6 Å². The Morgan fingerprint density at radius 2 is 1.79 bits per heavy atom. The minimum absolute atomic E-state index is 0.118. The number of methoxy groups -OCH3 is 2. The topological polar surface area (TPSA) is 59.6 Å². The van der Waals surface area contributed by atoms with Gasteiger partial charge in [-0.2, -0.15) is 0 Å². The van der Waals surface area contributed by atoms with Gasteiger partial charge in [-0.3, -0.25) is 4.79 Å². The van der Waals surface area contributed by atoms with E-state index in [0.717, 1.165) is 5.56 Å². The molecule has 5 nitrogen and oxygen atoms in total. The average molecular weight is 349 g/mol. The van der Waals surface area contributed by atoms with Crippen molar-refractivity contribution in [3.05, 3.63) is 53.1 Å². The van der Waals surface area contributed by atoms with Crippen LogP contribution in [-0.2, 0) is 11.3 Å². The van der Waals surface area contributed by atoms with Gasteiger partial charge in [0, 0.05) is 12.6 Å². The summed E-state index contributed by atoms with van der Waals surface area (Å²) < 4.78 is 10.5. The van der Waals surface area contributed by atoms with Crippen LogP contribution >= 0.6 is 11.6 Å². The Kier molecular flexibility index (Phi) is 6.32. The molecular weight excluding hydrogens is 328 g/mol. The van der Waals surface area contributed by atoms with E-state index < -0.39 is 6.04 Å². The summed E-state index contributed by atoms with van der Waals surface area (Å²) in [6.45, 7) is 2.25. The van der Waals surface area contributed by atoms with Crippen LogP contribution in [-0.4, -0.2) is 26.2 Å². The molecule has 128 valence electrons. The number of carbonyl (C=O) groups is 1. The number of anilines is 1. The fourth-order valence-corrected chi connectivity index (χ4v) is 2.45. The van der Waals surface area contributed by atoms with Crippen LogP contribution in [0.4, 0.5) is 5.69 Å². The maximum atomic E-state index is 12.3. The Morgan fingerprint density at radius 3 is 2.42 bits per heavy atom. The van der Waals surface area contributed by atoms with Gasteiger partial charge in [-0.1, -0.05) is 41.9 Å². The van der Waals surface area contributed by atoms with Crippen molar-refractivity contribution in [1.82, 2.24) is 5.32 Å². The summed E-state index contributed by atoms with van der Waals surface area (Å²) in [6, 6.07) is 12.7. The standard InChI is InChI=1S/C18H21ClN2O3/c1-12(18(22)20-11-13-7-5-4-6-8-13)21-15-9-14(19)16(23-2)10-17(15)24-3/h4-10,12,21H,11H2,1-3H3,(H,20,22)/t12-/m0/s1. The van der Waals surface area contributed by atoms with E-state index in [9.17, 15) is 4.79 Å². The van der Waals surface area contributed by atoms with Crippen molar-refractivity contribution >= 4 is 23.2 Å². The molecule has 2 aromatic carbocycles. The van der Waals surface area contributed by atoms with Gasteiger partial charge >= 0.3 is 0 Å². The third-order valence-electron chi connectivity index (χ3n) is 3.55. The Hall–Kier alpha value is -2.40. The molecule has 2 N–H and O–H groups in total. The summed E-state index contributed by atoms with van der Waals surface area (Å²) in [5.74, 6) is 0.951. The molecular formula is C18H21ClN2O3. The summed E-state index contributed by atoms with van der Waals surface area (Å²) in [4.78, 5) is 12.3. The van der Waals surface area contributed by atoms with Crippen molar-refractivity contribution in [2.45, 2.75) is 19.5 Å². The predicted molar refractivity (Wildman–Crippen MR) is 95.9 cm³/mol. The highest BCUT2D eigenvalue weighted by atomic mass is 35.5. The Bertz CT molecular complexity index is 692. The second-order valence-corrected chi connectivity index (χ2v) is 5.66. The quantitative estimate of drug-likeness (QED) is 0.804. The van der Waals surface area contributed by atoms with Gasteiger partial charge in [0.1, 0.15) is 17.5 Å². The van der Waals surface area contributed by atoms with Crippen LogP contribution in [0.5, 0.6) is 11.5 Å². The van der Waals surface area contributed by atoms with Crippen molar-refractivity contribution in [3.63, 3.8) is 0 Å². The third-order valence-corrected chi connectivity index (χ3v) is 3.84. The second-order valence-electron chi connectivity index (χ2n) is 5.26. The minimum Gasteiger partial charge on any atom is -0.495 e. The summed E-state index contributed by atoms with van der Waals surface area (Å²) >= 11 is 6.14. The Balaban J connectivity index is 2.01. The number of ether oxygens (including phenoxy) is 2. The molecule has 0 spiro atoms. The number of hydrogen-bond donors (Lipinski definition) is 2. The van der Waals surface area contributed by atoms with E-state index in [-0.39, 0.29) is 5.91 Å². The molecule has 0 aromatic heterocycles. The molecule has 0 aliphatic carbocycles. The van der Waals surface area contributed by atoms with Gasteiger partial charge in [0.05, 0.1) is 24.9 Å². The Labute approximate surface area is 146 Å². The normalized spacial score (nSPS) is 11.5. The molecule has 24 heavy (non-hydrogen) atoms. The molecule has 0 aliphatic heterocycles. The monoisotopic (exact) mass is 348 g/mol. The summed E-state index contributed by atoms with van der Waals surface area (Å²) in [6.07, 6.45) is 0. The van der Waals surface area contributed by atoms with Crippen LogP contribution in [0.2, 0.25) is 5.02 Å². The first kappa shape index (κ1) is 17.9. The third kappa shape index (κ3) is 4.55. The van der Waals surface area contributed by atoms with Crippen LogP contribution in [0.3, 0.4) is 0 Å². The van der Waals surface area contributed by atoms with Gasteiger partial charge in [0.25, 0.3) is 0 Å². The highest BCUT2D eigenvalue weighted by molar-refractivity contribution is 6.32. The number of amides is 1. The Morgan fingerprint density at radius 1 is 1.12 bits per heavy atom. The van der Waals surface area contributed by atoms with Gasteiger partial charge < -0.3 is 20.1 Å². The average Bonchev–Trinajstić information content (AvgIpc) is 2.60. The summed E-state index contributed by atoms with van der Waals surface area (Å²) in [5.41, 5.74) is 1.67. The molecule has 0 saturated carbocycles. The number of benzene rings is 2. The van der Waals surface area contributed by atoms with Crippen molar-refractivity contribution < 1.29 is 14.3 Å². The van der Waals surface area contributed by atoms with Crippen LogP contribution in [0.15, 0.2) is 42.5 Å². The zero-order valence-corrected chi connectivity index (χ0v) is 14.7. The minimum atomic E-state index is -0.452. The lowest BCUT2D eigenvalue weighted by Gasteiger charge is -2.18. The van der Waals surface area contributed by atoms with Crippen molar-refractivity contribution in [1.29, 1.82) is 0 Å². The highest BCUT2D eigenvalue weighted by Gasteiger charge is 2.16. The molecule has 0 unspecified atom stereocenters. The van der Waals surface area contributed by atoms with E-state index in [4.69, 9.17) is 21.1 Å². The fourth-order valence-electron chi connectivity index (χ4n) is 2.21. The number of hydrogen-bond acceptors (Lipinski definition) is 4. The molecule has 6 heteroatoms. The molecule has 2 rings (SSSR count). The lowest BCUT2D eigenvalue weighted by atomic mass is 10.2. The number of halogens is 1. The van der Waals surface area contributed by atoms with Crippen LogP contribution in [0, 0.1) is 0 Å². The van der Waals surface area contributed by atoms with E-state index in [2.05, 4.69) is 10.6 Å². The van der Waals surface area contributed by atoms with Gasteiger partial charge in [0.15, 0.2) is 0 Å². The van der Waals surface area contributed by atoms with E-state index >= 15 is 0 Å². The smallest absolute Gasteiger partial charge is 0.242 e. The van der Waals surface area contributed by atoms with Crippen LogP contribution in [0.25, 0.3) is 0 Å². The SMILES string of the molecule is COc1cc(OC)c(N[C@@H](C)C(=O)NCc2ccccc2)cc1Cl. The second kappa shape index (κ2) is 8.45. The molecule has 0 saturated heterocycles. The van der Waals surface area contributed by atoms with Gasteiger partial charge in [-0.15, -0.1) is 0 Å². The maximum absolute atomic E-state index is 12.3. The number of nitrogens with one attached hydrogen (secondary N) is 2. The van der Waals surface area contributed by atoms with Gasteiger partial charge in [0.2, 0.25) is 5.91 Å². The summed E-state index contributed by atoms with van der Waals surface area (Å²) in [5, 5.41) is 6.45. The molecule has 1 atom stereocenters. The first-order chi connectivity index (χ1) is 11.5. The molecule has 0 aliphatic rings. The van der Waals surface area contributed by atoms with E-state index in [1.54, 1.807) is 26.2 Å². The molecule has 0 radical (unpaired) electrons. The number of rotatable bonds is 7. The van der Waals surface area contributed by atoms with Crippen LogP contribution in [0.1, 0.15) is 12.5 Å². The van der Waals surface area contributed by atoms with Crippen molar-refractivity contribution in [3.8, 4) is 11.5 Å². The maximum Gasteiger partial charge on any atom is 0.242 e. The molecule has 0 fully saturated rings. The summed E-state index contributed by atoms with van der Waals surface area (Å²) in [7, 11) is 3.08. The van der Waals surface area contributed by atoms with Crippen LogP contribution < -0.4 is 20.1 Å². The van der Waals surface area contributed by atoms with E-state index in [0.29, 0.717) is 28.8 Å².